The summed E-state index contributed by atoms with van der Waals surface area (Å²) >= 11 is 0. The van der Waals surface area contributed by atoms with Gasteiger partial charge < -0.3 is 18.9 Å². The molecule has 0 spiro atoms. The molecule has 5 heteroatoms. The van der Waals surface area contributed by atoms with Crippen molar-refractivity contribution in [2.24, 2.45) is 11.8 Å². The van der Waals surface area contributed by atoms with E-state index in [4.69, 9.17) is 18.9 Å². The Balaban J connectivity index is 1.35. The molecule has 0 saturated carbocycles. The van der Waals surface area contributed by atoms with Crippen LogP contribution in [0.15, 0.2) is 48.5 Å². The van der Waals surface area contributed by atoms with Gasteiger partial charge in [0, 0.05) is 11.5 Å². The number of esters is 1. The Bertz CT molecular complexity index is 884. The second-order valence-electron chi connectivity index (χ2n) is 10.4. The maximum absolute atomic E-state index is 12.5. The fraction of sp³-hybridized carbons (Fsp3) is 0.594. The van der Waals surface area contributed by atoms with Gasteiger partial charge in [-0.15, -0.1) is 0 Å². The lowest BCUT2D eigenvalue weighted by molar-refractivity contribution is -0.206. The molecule has 37 heavy (non-hydrogen) atoms. The van der Waals surface area contributed by atoms with Gasteiger partial charge >= 0.3 is 5.97 Å². The van der Waals surface area contributed by atoms with Gasteiger partial charge in [0.1, 0.15) is 11.5 Å². The zero-order valence-corrected chi connectivity index (χ0v) is 23.1. The molecule has 3 rings (SSSR count). The Morgan fingerprint density at radius 2 is 1.43 bits per heavy atom. The van der Waals surface area contributed by atoms with Crippen molar-refractivity contribution >= 4 is 5.97 Å². The van der Waals surface area contributed by atoms with Crippen molar-refractivity contribution < 1.29 is 23.7 Å². The highest BCUT2D eigenvalue weighted by Gasteiger charge is 2.23. The van der Waals surface area contributed by atoms with Crippen molar-refractivity contribution in [3.05, 3.63) is 59.7 Å². The molecular weight excluding hydrogens is 464 g/mol. The summed E-state index contributed by atoms with van der Waals surface area (Å²) in [4.78, 5) is 12.5. The third-order valence-corrected chi connectivity index (χ3v) is 7.12. The smallest absolute Gasteiger partial charge is 0.343 e. The average Bonchev–Trinajstić information content (AvgIpc) is 2.94. The summed E-state index contributed by atoms with van der Waals surface area (Å²) in [5.41, 5.74) is 1.43. The maximum Gasteiger partial charge on any atom is 0.343 e. The summed E-state index contributed by atoms with van der Waals surface area (Å²) in [6.07, 6.45) is 12.6. The van der Waals surface area contributed by atoms with Gasteiger partial charge in [-0.05, 0) is 48.7 Å². The third-order valence-electron chi connectivity index (χ3n) is 7.12. The van der Waals surface area contributed by atoms with Crippen LogP contribution in [0, 0.1) is 11.8 Å². The molecular formula is C32H46O5. The SMILES string of the molecule is CCCCCCCCCCC1COC(c2ccc(OC(=O)c3ccc(OCC(C)CC)cc3)cc2)OC1. The number of carbonyl (C=O) groups excluding carboxylic acids is 1. The van der Waals surface area contributed by atoms with Gasteiger partial charge in [0.2, 0.25) is 0 Å². The molecule has 0 radical (unpaired) electrons. The maximum atomic E-state index is 12.5. The molecule has 2 aromatic rings. The number of carbonyl (C=O) groups is 1. The van der Waals surface area contributed by atoms with Crippen LogP contribution >= 0.6 is 0 Å². The number of hydrogen-bond donors (Lipinski definition) is 0. The van der Waals surface area contributed by atoms with Crippen LogP contribution in [0.4, 0.5) is 0 Å². The van der Waals surface area contributed by atoms with Crippen LogP contribution in [-0.4, -0.2) is 25.8 Å². The molecule has 0 bridgehead atoms. The van der Waals surface area contributed by atoms with E-state index in [9.17, 15) is 4.79 Å². The van der Waals surface area contributed by atoms with E-state index >= 15 is 0 Å². The molecule has 1 aliphatic rings. The molecule has 1 saturated heterocycles. The Labute approximate surface area is 223 Å². The summed E-state index contributed by atoms with van der Waals surface area (Å²) in [6.45, 7) is 8.69. The Morgan fingerprint density at radius 3 is 2.05 bits per heavy atom. The number of benzene rings is 2. The lowest BCUT2D eigenvalue weighted by atomic mass is 10.0. The molecule has 1 heterocycles. The standard InChI is InChI=1S/C32H46O5/c1-4-6-7-8-9-10-11-12-13-26-23-35-32(36-24-26)28-16-20-30(21-17-28)37-31(33)27-14-18-29(19-15-27)34-22-25(3)5-2/h14-21,25-26,32H,4-13,22-24H2,1-3H3. The third kappa shape index (κ3) is 10.5. The second-order valence-corrected chi connectivity index (χ2v) is 10.4. The van der Waals surface area contributed by atoms with Crippen LogP contribution in [-0.2, 0) is 9.47 Å². The number of hydrogen-bond acceptors (Lipinski definition) is 5. The van der Waals surface area contributed by atoms with Crippen molar-refractivity contribution in [1.82, 2.24) is 0 Å². The quantitative estimate of drug-likeness (QED) is 0.129. The molecule has 1 fully saturated rings. The Hall–Kier alpha value is -2.37. The van der Waals surface area contributed by atoms with Gasteiger partial charge in [-0.1, -0.05) is 90.7 Å². The van der Waals surface area contributed by atoms with Gasteiger partial charge in [0.05, 0.1) is 25.4 Å². The second kappa shape index (κ2) is 16.5. The fourth-order valence-electron chi connectivity index (χ4n) is 4.37. The molecule has 2 aromatic carbocycles. The highest BCUT2D eigenvalue weighted by Crippen LogP contribution is 2.29. The first kappa shape index (κ1) is 29.2. The number of rotatable bonds is 16. The molecule has 204 valence electrons. The van der Waals surface area contributed by atoms with Crippen molar-refractivity contribution in [3.63, 3.8) is 0 Å². The first-order valence-electron chi connectivity index (χ1n) is 14.4. The van der Waals surface area contributed by atoms with E-state index in [1.807, 2.05) is 24.3 Å². The minimum absolute atomic E-state index is 0.359. The van der Waals surface area contributed by atoms with Crippen LogP contribution in [0.25, 0.3) is 0 Å². The van der Waals surface area contributed by atoms with E-state index in [2.05, 4.69) is 20.8 Å². The Morgan fingerprint density at radius 1 is 0.838 bits per heavy atom. The molecule has 1 unspecified atom stereocenters. The molecule has 0 aromatic heterocycles. The molecule has 1 aliphatic heterocycles. The van der Waals surface area contributed by atoms with E-state index in [1.54, 1.807) is 24.3 Å². The Kier molecular flexibility index (Phi) is 13.0. The van der Waals surface area contributed by atoms with Crippen LogP contribution in [0.1, 0.15) is 107 Å². The normalized spacial score (nSPS) is 18.4. The van der Waals surface area contributed by atoms with E-state index in [1.165, 1.54) is 57.8 Å². The minimum Gasteiger partial charge on any atom is -0.493 e. The van der Waals surface area contributed by atoms with Crippen LogP contribution < -0.4 is 9.47 Å². The molecule has 5 nitrogen and oxygen atoms in total. The zero-order valence-electron chi connectivity index (χ0n) is 23.1. The van der Waals surface area contributed by atoms with Crippen molar-refractivity contribution in [1.29, 1.82) is 0 Å². The highest BCUT2D eigenvalue weighted by molar-refractivity contribution is 5.91. The van der Waals surface area contributed by atoms with Gasteiger partial charge in [-0.25, -0.2) is 4.79 Å². The molecule has 0 aliphatic carbocycles. The highest BCUT2D eigenvalue weighted by atomic mass is 16.7. The monoisotopic (exact) mass is 510 g/mol. The van der Waals surface area contributed by atoms with Crippen LogP contribution in [0.3, 0.4) is 0 Å². The molecule has 0 N–H and O–H groups in total. The summed E-state index contributed by atoms with van der Waals surface area (Å²) in [6, 6.07) is 14.5. The van der Waals surface area contributed by atoms with E-state index in [0.717, 1.165) is 30.9 Å². The predicted octanol–water partition coefficient (Wildman–Crippen LogP) is 8.52. The summed E-state index contributed by atoms with van der Waals surface area (Å²) in [7, 11) is 0. The largest absolute Gasteiger partial charge is 0.493 e. The van der Waals surface area contributed by atoms with Gasteiger partial charge in [-0.3, -0.25) is 0 Å². The van der Waals surface area contributed by atoms with Crippen molar-refractivity contribution in [2.45, 2.75) is 91.3 Å². The molecule has 0 amide bonds. The number of unbranched alkanes of at least 4 members (excludes halogenated alkanes) is 7. The average molecular weight is 511 g/mol. The topological polar surface area (TPSA) is 54.0 Å². The summed E-state index contributed by atoms with van der Waals surface area (Å²) in [5, 5.41) is 0. The van der Waals surface area contributed by atoms with Crippen LogP contribution in [0.5, 0.6) is 11.5 Å². The van der Waals surface area contributed by atoms with Gasteiger partial charge in [-0.2, -0.15) is 0 Å². The summed E-state index contributed by atoms with van der Waals surface area (Å²) < 4.78 is 23.3. The molecule has 1 atom stereocenters. The van der Waals surface area contributed by atoms with E-state index in [0.29, 0.717) is 29.8 Å². The van der Waals surface area contributed by atoms with Gasteiger partial charge in [0.25, 0.3) is 0 Å². The van der Waals surface area contributed by atoms with Crippen LogP contribution in [0.2, 0.25) is 0 Å². The lowest BCUT2D eigenvalue weighted by Gasteiger charge is -2.29. The number of ether oxygens (including phenoxy) is 4. The van der Waals surface area contributed by atoms with E-state index < -0.39 is 5.97 Å². The first-order chi connectivity index (χ1) is 18.1. The lowest BCUT2D eigenvalue weighted by Crippen LogP contribution is -2.27. The first-order valence-corrected chi connectivity index (χ1v) is 14.4. The zero-order chi connectivity index (χ0) is 26.3. The van der Waals surface area contributed by atoms with Crippen molar-refractivity contribution in [3.8, 4) is 11.5 Å². The van der Waals surface area contributed by atoms with Crippen molar-refractivity contribution in [2.75, 3.05) is 19.8 Å². The predicted molar refractivity (Wildman–Crippen MR) is 148 cm³/mol. The fourth-order valence-corrected chi connectivity index (χ4v) is 4.37. The van der Waals surface area contributed by atoms with E-state index in [-0.39, 0.29) is 6.29 Å². The minimum atomic E-state index is -0.393. The van der Waals surface area contributed by atoms with Gasteiger partial charge in [0.15, 0.2) is 6.29 Å². The summed E-state index contributed by atoms with van der Waals surface area (Å²) in [5.74, 6) is 1.83.